The number of nitrogens with one attached hydrogen (secondary N) is 1. The number of carbonyl (C=O) groups is 1. The molecule has 0 aliphatic carbocycles. The van der Waals surface area contributed by atoms with Crippen molar-refractivity contribution in [2.45, 2.75) is 6.54 Å². The highest BCUT2D eigenvalue weighted by molar-refractivity contribution is 6.30. The van der Waals surface area contributed by atoms with Crippen LogP contribution in [0.25, 0.3) is 0 Å². The van der Waals surface area contributed by atoms with Gasteiger partial charge in [0.05, 0.1) is 7.11 Å². The summed E-state index contributed by atoms with van der Waals surface area (Å²) in [5, 5.41) is 3.42. The number of methoxy groups -OCH3 is 1. The molecule has 110 valence electrons. The van der Waals surface area contributed by atoms with E-state index in [4.69, 9.17) is 21.1 Å². The Labute approximate surface area is 128 Å². The Balaban J connectivity index is 1.76. The lowest BCUT2D eigenvalue weighted by atomic mass is 10.2. The van der Waals surface area contributed by atoms with Crippen molar-refractivity contribution in [3.05, 3.63) is 59.1 Å². The molecule has 0 radical (unpaired) electrons. The van der Waals surface area contributed by atoms with E-state index in [0.29, 0.717) is 17.3 Å². The third-order valence-electron chi connectivity index (χ3n) is 2.81. The van der Waals surface area contributed by atoms with Crippen LogP contribution in [0.15, 0.2) is 48.5 Å². The molecule has 0 unspecified atom stereocenters. The molecule has 0 fully saturated rings. The van der Waals surface area contributed by atoms with Crippen molar-refractivity contribution >= 4 is 17.5 Å². The highest BCUT2D eigenvalue weighted by Gasteiger charge is 2.03. The minimum Gasteiger partial charge on any atom is -0.497 e. The topological polar surface area (TPSA) is 47.6 Å². The number of benzene rings is 2. The lowest BCUT2D eigenvalue weighted by molar-refractivity contribution is -0.123. The summed E-state index contributed by atoms with van der Waals surface area (Å²) < 4.78 is 10.4. The quantitative estimate of drug-likeness (QED) is 0.892. The molecule has 21 heavy (non-hydrogen) atoms. The maximum absolute atomic E-state index is 11.7. The summed E-state index contributed by atoms with van der Waals surface area (Å²) in [6, 6.07) is 14.4. The zero-order chi connectivity index (χ0) is 15.1. The minimum absolute atomic E-state index is 0.0348. The second-order valence-corrected chi connectivity index (χ2v) is 4.81. The van der Waals surface area contributed by atoms with Gasteiger partial charge in [0.1, 0.15) is 11.5 Å². The molecule has 0 atom stereocenters. The normalized spacial score (nSPS) is 10.0. The molecule has 2 aromatic rings. The number of halogens is 1. The second kappa shape index (κ2) is 7.55. The van der Waals surface area contributed by atoms with Crippen LogP contribution in [0.3, 0.4) is 0 Å². The van der Waals surface area contributed by atoms with E-state index in [9.17, 15) is 4.79 Å². The molecule has 0 saturated carbocycles. The van der Waals surface area contributed by atoms with Crippen LogP contribution in [0.1, 0.15) is 5.56 Å². The fourth-order valence-electron chi connectivity index (χ4n) is 1.72. The van der Waals surface area contributed by atoms with Gasteiger partial charge < -0.3 is 14.8 Å². The van der Waals surface area contributed by atoms with Crippen molar-refractivity contribution in [2.75, 3.05) is 13.7 Å². The number of hydrogen-bond acceptors (Lipinski definition) is 3. The van der Waals surface area contributed by atoms with Crippen molar-refractivity contribution in [3.63, 3.8) is 0 Å². The molecule has 0 aliphatic rings. The van der Waals surface area contributed by atoms with Gasteiger partial charge in [-0.2, -0.15) is 0 Å². The molecule has 1 N–H and O–H groups in total. The standard InChI is InChI=1S/C16H16ClNO3/c1-20-14-5-7-15(8-6-14)21-11-16(19)18-10-12-3-2-4-13(17)9-12/h2-9H,10-11H2,1H3,(H,18,19). The van der Waals surface area contributed by atoms with E-state index < -0.39 is 0 Å². The third kappa shape index (κ3) is 5.00. The molecular weight excluding hydrogens is 290 g/mol. The molecule has 5 heteroatoms. The lowest BCUT2D eigenvalue weighted by Gasteiger charge is -2.08. The summed E-state index contributed by atoms with van der Waals surface area (Å²) in [6.07, 6.45) is 0. The molecule has 1 amide bonds. The van der Waals surface area contributed by atoms with Crippen LogP contribution in [-0.4, -0.2) is 19.6 Å². The van der Waals surface area contributed by atoms with Gasteiger partial charge in [-0.25, -0.2) is 0 Å². The van der Waals surface area contributed by atoms with Gasteiger partial charge >= 0.3 is 0 Å². The number of hydrogen-bond donors (Lipinski definition) is 1. The van der Waals surface area contributed by atoms with Crippen molar-refractivity contribution in [1.29, 1.82) is 0 Å². The Kier molecular flexibility index (Phi) is 5.46. The average Bonchev–Trinajstić information content (AvgIpc) is 2.51. The first-order valence-electron chi connectivity index (χ1n) is 6.45. The van der Waals surface area contributed by atoms with E-state index in [2.05, 4.69) is 5.32 Å². The Bertz CT molecular complexity index is 599. The van der Waals surface area contributed by atoms with Gasteiger partial charge in [-0.15, -0.1) is 0 Å². The van der Waals surface area contributed by atoms with Crippen LogP contribution < -0.4 is 14.8 Å². The number of carbonyl (C=O) groups excluding carboxylic acids is 1. The van der Waals surface area contributed by atoms with Crippen LogP contribution in [0.2, 0.25) is 5.02 Å². The highest BCUT2D eigenvalue weighted by atomic mass is 35.5. The molecule has 0 aromatic heterocycles. The molecule has 2 aromatic carbocycles. The summed E-state index contributed by atoms with van der Waals surface area (Å²) in [6.45, 7) is 0.387. The fraction of sp³-hybridized carbons (Fsp3) is 0.188. The zero-order valence-electron chi connectivity index (χ0n) is 11.6. The van der Waals surface area contributed by atoms with Gasteiger partial charge in [0.25, 0.3) is 5.91 Å². The highest BCUT2D eigenvalue weighted by Crippen LogP contribution is 2.16. The van der Waals surface area contributed by atoms with Gasteiger partial charge in [0.2, 0.25) is 0 Å². The van der Waals surface area contributed by atoms with E-state index in [0.717, 1.165) is 11.3 Å². The van der Waals surface area contributed by atoms with Gasteiger partial charge in [0, 0.05) is 11.6 Å². The molecule has 0 heterocycles. The van der Waals surface area contributed by atoms with Crippen molar-refractivity contribution < 1.29 is 14.3 Å². The van der Waals surface area contributed by atoms with E-state index >= 15 is 0 Å². The summed E-state index contributed by atoms with van der Waals surface area (Å²) in [5.41, 5.74) is 0.945. The van der Waals surface area contributed by atoms with Crippen molar-refractivity contribution in [3.8, 4) is 11.5 Å². The Hall–Kier alpha value is -2.20. The van der Waals surface area contributed by atoms with E-state index in [1.54, 1.807) is 37.4 Å². The summed E-state index contributed by atoms with van der Waals surface area (Å²) in [5.74, 6) is 1.17. The number of rotatable bonds is 6. The van der Waals surface area contributed by atoms with E-state index in [-0.39, 0.29) is 12.5 Å². The zero-order valence-corrected chi connectivity index (χ0v) is 12.4. The first kappa shape index (κ1) is 15.2. The van der Waals surface area contributed by atoms with Gasteiger partial charge in [-0.05, 0) is 42.0 Å². The van der Waals surface area contributed by atoms with Crippen LogP contribution in [0.4, 0.5) is 0 Å². The van der Waals surface area contributed by atoms with Gasteiger partial charge in [0.15, 0.2) is 6.61 Å². The van der Waals surface area contributed by atoms with Crippen LogP contribution >= 0.6 is 11.6 Å². The molecular formula is C16H16ClNO3. The monoisotopic (exact) mass is 305 g/mol. The van der Waals surface area contributed by atoms with E-state index in [1.807, 2.05) is 18.2 Å². The maximum atomic E-state index is 11.7. The SMILES string of the molecule is COc1ccc(OCC(=O)NCc2cccc(Cl)c2)cc1. The second-order valence-electron chi connectivity index (χ2n) is 4.37. The summed E-state index contributed by atoms with van der Waals surface area (Å²) in [7, 11) is 1.60. The predicted octanol–water partition coefficient (Wildman–Crippen LogP) is 3.04. The Morgan fingerprint density at radius 1 is 1.14 bits per heavy atom. The first-order chi connectivity index (χ1) is 10.2. The first-order valence-corrected chi connectivity index (χ1v) is 6.83. The fourth-order valence-corrected chi connectivity index (χ4v) is 1.93. The van der Waals surface area contributed by atoms with Crippen LogP contribution in [0, 0.1) is 0 Å². The molecule has 2 rings (SSSR count). The number of amides is 1. The molecule has 0 bridgehead atoms. The van der Waals surface area contributed by atoms with Gasteiger partial charge in [-0.1, -0.05) is 23.7 Å². The molecule has 0 spiro atoms. The smallest absolute Gasteiger partial charge is 0.258 e. The molecule has 4 nitrogen and oxygen atoms in total. The summed E-state index contributed by atoms with van der Waals surface area (Å²) in [4.78, 5) is 11.7. The summed E-state index contributed by atoms with van der Waals surface area (Å²) >= 11 is 5.88. The Morgan fingerprint density at radius 3 is 2.52 bits per heavy atom. The minimum atomic E-state index is -0.189. The van der Waals surface area contributed by atoms with E-state index in [1.165, 1.54) is 0 Å². The predicted molar refractivity (Wildman–Crippen MR) is 81.8 cm³/mol. The van der Waals surface area contributed by atoms with Gasteiger partial charge in [-0.3, -0.25) is 4.79 Å². The third-order valence-corrected chi connectivity index (χ3v) is 3.04. The maximum Gasteiger partial charge on any atom is 0.258 e. The largest absolute Gasteiger partial charge is 0.497 e. The Morgan fingerprint density at radius 2 is 1.86 bits per heavy atom. The van der Waals surface area contributed by atoms with Crippen molar-refractivity contribution in [1.82, 2.24) is 5.32 Å². The van der Waals surface area contributed by atoms with Crippen molar-refractivity contribution in [2.24, 2.45) is 0 Å². The number of ether oxygens (including phenoxy) is 2. The van der Waals surface area contributed by atoms with Crippen LogP contribution in [0.5, 0.6) is 11.5 Å². The average molecular weight is 306 g/mol. The molecule has 0 aliphatic heterocycles. The van der Waals surface area contributed by atoms with Crippen LogP contribution in [-0.2, 0) is 11.3 Å². The lowest BCUT2D eigenvalue weighted by Crippen LogP contribution is -2.28. The molecule has 0 saturated heterocycles.